The number of halogens is 1. The fourth-order valence-corrected chi connectivity index (χ4v) is 2.68. The van der Waals surface area contributed by atoms with Crippen LogP contribution in [0.4, 0.5) is 4.39 Å². The zero-order chi connectivity index (χ0) is 18.9. The molecule has 1 amide bonds. The number of hydrogen-bond donors (Lipinski definition) is 1. The van der Waals surface area contributed by atoms with Crippen molar-refractivity contribution in [3.05, 3.63) is 59.4 Å². The van der Waals surface area contributed by atoms with Gasteiger partial charge in [-0.1, -0.05) is 24.3 Å². The Morgan fingerprint density at radius 2 is 1.77 bits per heavy atom. The maximum Gasteiger partial charge on any atom is 0.220 e. The molecule has 2 aromatic carbocycles. The van der Waals surface area contributed by atoms with Gasteiger partial charge in [0.25, 0.3) is 0 Å². The number of rotatable bonds is 9. The Hall–Kier alpha value is -2.56. The summed E-state index contributed by atoms with van der Waals surface area (Å²) in [6.07, 6.45) is 0.610. The lowest BCUT2D eigenvalue weighted by Crippen LogP contribution is -2.27. The third-order valence-electron chi connectivity index (χ3n) is 4.02. The topological polar surface area (TPSA) is 47.6 Å². The first-order chi connectivity index (χ1) is 12.5. The SMILES string of the molecule is CCOc1ccc([C@@H](C)NC(=O)CCc2ccccc2F)cc1OCC. The highest BCUT2D eigenvalue weighted by Gasteiger charge is 2.14. The lowest BCUT2D eigenvalue weighted by atomic mass is 10.1. The molecule has 4 nitrogen and oxygen atoms in total. The van der Waals surface area contributed by atoms with E-state index >= 15 is 0 Å². The maximum atomic E-state index is 13.6. The van der Waals surface area contributed by atoms with Crippen molar-refractivity contribution in [2.45, 2.75) is 39.7 Å². The predicted molar refractivity (Wildman–Crippen MR) is 100 cm³/mol. The molecule has 1 atom stereocenters. The fraction of sp³-hybridized carbons (Fsp3) is 0.381. The molecule has 2 rings (SSSR count). The van der Waals surface area contributed by atoms with Crippen LogP contribution in [-0.2, 0) is 11.2 Å². The van der Waals surface area contributed by atoms with E-state index in [1.807, 2.05) is 39.0 Å². The highest BCUT2D eigenvalue weighted by molar-refractivity contribution is 5.76. The number of ether oxygens (including phenoxy) is 2. The van der Waals surface area contributed by atoms with E-state index < -0.39 is 0 Å². The second-order valence-corrected chi connectivity index (χ2v) is 5.95. The Morgan fingerprint density at radius 3 is 2.46 bits per heavy atom. The summed E-state index contributed by atoms with van der Waals surface area (Å²) in [4.78, 5) is 12.2. The predicted octanol–water partition coefficient (Wildman–Crippen LogP) is 4.43. The van der Waals surface area contributed by atoms with Crippen molar-refractivity contribution in [2.75, 3.05) is 13.2 Å². The van der Waals surface area contributed by atoms with Crippen molar-refractivity contribution < 1.29 is 18.7 Å². The van der Waals surface area contributed by atoms with Crippen LogP contribution in [0.2, 0.25) is 0 Å². The normalized spacial score (nSPS) is 11.7. The first kappa shape index (κ1) is 19.8. The minimum atomic E-state index is -0.277. The molecule has 0 bridgehead atoms. The summed E-state index contributed by atoms with van der Waals surface area (Å²) in [5.74, 6) is 0.962. The lowest BCUT2D eigenvalue weighted by Gasteiger charge is -2.17. The van der Waals surface area contributed by atoms with E-state index in [-0.39, 0.29) is 24.2 Å². The molecule has 2 aromatic rings. The standard InChI is InChI=1S/C21H26FNO3/c1-4-25-19-12-10-17(14-20(19)26-5-2)15(3)23-21(24)13-11-16-8-6-7-9-18(16)22/h6-10,12,14-15H,4-5,11,13H2,1-3H3,(H,23,24)/t15-/m1/s1. The Kier molecular flexibility index (Phi) is 7.45. The smallest absolute Gasteiger partial charge is 0.220 e. The van der Waals surface area contributed by atoms with Crippen molar-refractivity contribution in [3.63, 3.8) is 0 Å². The molecule has 0 heterocycles. The molecule has 0 aliphatic heterocycles. The van der Waals surface area contributed by atoms with Crippen molar-refractivity contribution in [1.29, 1.82) is 0 Å². The van der Waals surface area contributed by atoms with Crippen LogP contribution in [0.25, 0.3) is 0 Å². The second-order valence-electron chi connectivity index (χ2n) is 5.95. The van der Waals surface area contributed by atoms with E-state index in [1.165, 1.54) is 6.07 Å². The molecule has 0 spiro atoms. The van der Waals surface area contributed by atoms with Gasteiger partial charge in [-0.3, -0.25) is 4.79 Å². The summed E-state index contributed by atoms with van der Waals surface area (Å²) < 4.78 is 24.8. The molecule has 0 saturated heterocycles. The summed E-state index contributed by atoms with van der Waals surface area (Å²) in [5.41, 5.74) is 1.48. The van der Waals surface area contributed by atoms with E-state index in [9.17, 15) is 9.18 Å². The summed E-state index contributed by atoms with van der Waals surface area (Å²) in [6, 6.07) is 12.0. The number of hydrogen-bond acceptors (Lipinski definition) is 3. The zero-order valence-electron chi connectivity index (χ0n) is 15.5. The zero-order valence-corrected chi connectivity index (χ0v) is 15.5. The van der Waals surface area contributed by atoms with Crippen LogP contribution in [0.15, 0.2) is 42.5 Å². The largest absolute Gasteiger partial charge is 0.490 e. The minimum absolute atomic E-state index is 0.118. The van der Waals surface area contributed by atoms with E-state index in [1.54, 1.807) is 18.2 Å². The van der Waals surface area contributed by atoms with Gasteiger partial charge in [0.2, 0.25) is 5.91 Å². The first-order valence-electron chi connectivity index (χ1n) is 8.97. The molecule has 26 heavy (non-hydrogen) atoms. The van der Waals surface area contributed by atoms with E-state index in [0.717, 1.165) is 5.56 Å². The monoisotopic (exact) mass is 359 g/mol. The third-order valence-corrected chi connectivity index (χ3v) is 4.02. The summed E-state index contributed by atoms with van der Waals surface area (Å²) in [6.45, 7) is 6.83. The Bertz CT molecular complexity index is 733. The third kappa shape index (κ3) is 5.48. The molecule has 140 valence electrons. The quantitative estimate of drug-likeness (QED) is 0.720. The summed E-state index contributed by atoms with van der Waals surface area (Å²) >= 11 is 0. The van der Waals surface area contributed by atoms with Crippen LogP contribution in [0, 0.1) is 5.82 Å². The number of carbonyl (C=O) groups excluding carboxylic acids is 1. The van der Waals surface area contributed by atoms with Crippen molar-refractivity contribution >= 4 is 5.91 Å². The molecule has 0 aliphatic carbocycles. The molecule has 5 heteroatoms. The van der Waals surface area contributed by atoms with Crippen LogP contribution in [0.5, 0.6) is 11.5 Å². The number of aryl methyl sites for hydroxylation is 1. The molecule has 0 fully saturated rings. The Morgan fingerprint density at radius 1 is 1.08 bits per heavy atom. The number of amides is 1. The van der Waals surface area contributed by atoms with E-state index in [2.05, 4.69) is 5.32 Å². The van der Waals surface area contributed by atoms with E-state index in [0.29, 0.717) is 36.7 Å². The molecule has 0 saturated carbocycles. The van der Waals surface area contributed by atoms with Crippen molar-refractivity contribution in [1.82, 2.24) is 5.32 Å². The lowest BCUT2D eigenvalue weighted by molar-refractivity contribution is -0.121. The molecule has 0 unspecified atom stereocenters. The van der Waals surface area contributed by atoms with Gasteiger partial charge >= 0.3 is 0 Å². The van der Waals surface area contributed by atoms with Crippen LogP contribution in [-0.4, -0.2) is 19.1 Å². The van der Waals surface area contributed by atoms with Gasteiger partial charge in [-0.25, -0.2) is 4.39 Å². The van der Waals surface area contributed by atoms with E-state index in [4.69, 9.17) is 9.47 Å². The Labute approximate surface area is 154 Å². The number of benzene rings is 2. The van der Waals surface area contributed by atoms with Gasteiger partial charge in [-0.05, 0) is 56.5 Å². The van der Waals surface area contributed by atoms with Gasteiger partial charge in [-0.15, -0.1) is 0 Å². The highest BCUT2D eigenvalue weighted by Crippen LogP contribution is 2.30. The van der Waals surface area contributed by atoms with Gasteiger partial charge in [0.1, 0.15) is 5.82 Å². The molecule has 1 N–H and O–H groups in total. The fourth-order valence-electron chi connectivity index (χ4n) is 2.68. The Balaban J connectivity index is 1.97. The minimum Gasteiger partial charge on any atom is -0.490 e. The van der Waals surface area contributed by atoms with Crippen LogP contribution >= 0.6 is 0 Å². The molecule has 0 aliphatic rings. The molecular formula is C21H26FNO3. The summed E-state index contributed by atoms with van der Waals surface area (Å²) in [5, 5.41) is 2.95. The maximum absolute atomic E-state index is 13.6. The van der Waals surface area contributed by atoms with Crippen molar-refractivity contribution in [3.8, 4) is 11.5 Å². The van der Waals surface area contributed by atoms with Crippen molar-refractivity contribution in [2.24, 2.45) is 0 Å². The van der Waals surface area contributed by atoms with Crippen LogP contribution in [0.3, 0.4) is 0 Å². The van der Waals surface area contributed by atoms with Gasteiger partial charge in [-0.2, -0.15) is 0 Å². The molecule has 0 radical (unpaired) electrons. The second kappa shape index (κ2) is 9.80. The van der Waals surface area contributed by atoms with Gasteiger partial charge in [0, 0.05) is 6.42 Å². The highest BCUT2D eigenvalue weighted by atomic mass is 19.1. The van der Waals surface area contributed by atoms with Gasteiger partial charge < -0.3 is 14.8 Å². The summed E-state index contributed by atoms with van der Waals surface area (Å²) in [7, 11) is 0. The average molecular weight is 359 g/mol. The van der Waals surface area contributed by atoms with Crippen LogP contribution < -0.4 is 14.8 Å². The average Bonchev–Trinajstić information content (AvgIpc) is 2.63. The first-order valence-corrected chi connectivity index (χ1v) is 8.97. The molecule has 0 aromatic heterocycles. The van der Waals surface area contributed by atoms with Gasteiger partial charge in [0.15, 0.2) is 11.5 Å². The molecular weight excluding hydrogens is 333 g/mol. The van der Waals surface area contributed by atoms with Crippen LogP contribution in [0.1, 0.15) is 44.4 Å². The number of carbonyl (C=O) groups is 1. The van der Waals surface area contributed by atoms with Gasteiger partial charge in [0.05, 0.1) is 19.3 Å². The number of nitrogens with one attached hydrogen (secondary N) is 1.